The molecule has 1 unspecified atom stereocenters. The van der Waals surface area contributed by atoms with Gasteiger partial charge in [-0.05, 0) is 31.2 Å². The number of H-pyrrole nitrogens is 1. The molecule has 1 heterocycles. The average Bonchev–Trinajstić information content (AvgIpc) is 2.99. The summed E-state index contributed by atoms with van der Waals surface area (Å²) < 4.78 is 26.7. The second-order valence-corrected chi connectivity index (χ2v) is 6.27. The molecule has 1 atom stereocenters. The van der Waals surface area contributed by atoms with E-state index in [2.05, 4.69) is 30.7 Å². The first kappa shape index (κ1) is 15.5. The van der Waals surface area contributed by atoms with Crippen LogP contribution in [0.2, 0.25) is 0 Å². The summed E-state index contributed by atoms with van der Waals surface area (Å²) in [7, 11) is -3.58. The summed E-state index contributed by atoms with van der Waals surface area (Å²) in [6, 6.07) is 6.95. The molecular formula is C12H18N6O2S. The van der Waals surface area contributed by atoms with Crippen LogP contribution in [0.4, 0.5) is 0 Å². The Hall–Kier alpha value is -1.84. The van der Waals surface area contributed by atoms with Gasteiger partial charge < -0.3 is 5.32 Å². The Morgan fingerprint density at radius 1 is 1.29 bits per heavy atom. The van der Waals surface area contributed by atoms with Crippen molar-refractivity contribution in [1.29, 1.82) is 0 Å². The third-order valence-electron chi connectivity index (χ3n) is 3.01. The first-order valence-electron chi connectivity index (χ1n) is 6.58. The molecule has 8 nitrogen and oxygen atoms in total. The monoisotopic (exact) mass is 310 g/mol. The Balaban J connectivity index is 2.06. The fraction of sp³-hybridized carbons (Fsp3) is 0.417. The minimum Gasteiger partial charge on any atom is -0.310 e. The van der Waals surface area contributed by atoms with Gasteiger partial charge in [-0.25, -0.2) is 13.1 Å². The van der Waals surface area contributed by atoms with Gasteiger partial charge in [-0.2, -0.15) is 5.21 Å². The molecule has 0 aliphatic carbocycles. The normalized spacial score (nSPS) is 13.2. The van der Waals surface area contributed by atoms with E-state index in [1.54, 1.807) is 24.3 Å². The van der Waals surface area contributed by atoms with Gasteiger partial charge in [0.15, 0.2) is 5.82 Å². The molecule has 0 bridgehead atoms. The van der Waals surface area contributed by atoms with Crippen molar-refractivity contribution in [2.45, 2.75) is 31.3 Å². The van der Waals surface area contributed by atoms with E-state index in [-0.39, 0.29) is 23.3 Å². The van der Waals surface area contributed by atoms with Crippen molar-refractivity contribution in [3.63, 3.8) is 0 Å². The van der Waals surface area contributed by atoms with Crippen LogP contribution in [0.25, 0.3) is 0 Å². The average molecular weight is 310 g/mol. The second-order valence-electron chi connectivity index (χ2n) is 4.50. The number of nitrogens with zero attached hydrogens (tertiary/aromatic N) is 3. The number of benzene rings is 1. The van der Waals surface area contributed by atoms with Crippen LogP contribution in [0.3, 0.4) is 0 Å². The predicted octanol–water partition coefficient (Wildman–Crippen LogP) is 0.349. The lowest BCUT2D eigenvalue weighted by atomic mass is 10.1. The van der Waals surface area contributed by atoms with E-state index in [1.807, 2.05) is 13.8 Å². The van der Waals surface area contributed by atoms with Crippen molar-refractivity contribution >= 4 is 10.0 Å². The van der Waals surface area contributed by atoms with Gasteiger partial charge in [-0.1, -0.05) is 24.3 Å². The number of tetrazole rings is 1. The van der Waals surface area contributed by atoms with Crippen molar-refractivity contribution in [3.8, 4) is 0 Å². The lowest BCUT2D eigenvalue weighted by Crippen LogP contribution is -2.24. The summed E-state index contributed by atoms with van der Waals surface area (Å²) in [6.07, 6.45) is 0. The standard InChI is InChI=1S/C12H18N6O2S/c1-3-13-9(2)10-4-6-11(7-5-10)21(19,20)14-8-12-15-17-18-16-12/h4-7,9,13-14H,3,8H2,1-2H3,(H,15,16,17,18). The van der Waals surface area contributed by atoms with Gasteiger partial charge in [0.05, 0.1) is 11.4 Å². The summed E-state index contributed by atoms with van der Waals surface area (Å²) in [5.74, 6) is 0.288. The predicted molar refractivity (Wildman–Crippen MR) is 76.7 cm³/mol. The summed E-state index contributed by atoms with van der Waals surface area (Å²) in [5, 5.41) is 16.3. The van der Waals surface area contributed by atoms with Gasteiger partial charge in [-0.15, -0.1) is 10.2 Å². The first-order valence-corrected chi connectivity index (χ1v) is 8.06. The van der Waals surface area contributed by atoms with Crippen LogP contribution in [-0.4, -0.2) is 35.6 Å². The Labute approximate surface area is 123 Å². The molecule has 2 rings (SSSR count). The van der Waals surface area contributed by atoms with E-state index in [1.165, 1.54) is 0 Å². The number of nitrogens with one attached hydrogen (secondary N) is 3. The zero-order valence-electron chi connectivity index (χ0n) is 11.9. The third-order valence-corrected chi connectivity index (χ3v) is 4.43. The highest BCUT2D eigenvalue weighted by Crippen LogP contribution is 2.16. The van der Waals surface area contributed by atoms with E-state index < -0.39 is 10.0 Å². The molecule has 21 heavy (non-hydrogen) atoms. The molecule has 2 aromatic rings. The maximum absolute atomic E-state index is 12.1. The summed E-state index contributed by atoms with van der Waals surface area (Å²) in [6.45, 7) is 4.90. The molecule has 0 saturated heterocycles. The van der Waals surface area contributed by atoms with Crippen molar-refractivity contribution in [1.82, 2.24) is 30.7 Å². The van der Waals surface area contributed by atoms with Crippen molar-refractivity contribution < 1.29 is 8.42 Å². The molecule has 0 aliphatic rings. The highest BCUT2D eigenvalue weighted by molar-refractivity contribution is 7.89. The van der Waals surface area contributed by atoms with Crippen LogP contribution >= 0.6 is 0 Å². The fourth-order valence-electron chi connectivity index (χ4n) is 1.86. The maximum Gasteiger partial charge on any atom is 0.240 e. The minimum absolute atomic E-state index is 0.00558. The van der Waals surface area contributed by atoms with Crippen LogP contribution in [-0.2, 0) is 16.6 Å². The Morgan fingerprint density at radius 3 is 2.57 bits per heavy atom. The second kappa shape index (κ2) is 6.74. The number of hydrogen-bond donors (Lipinski definition) is 3. The molecule has 0 fully saturated rings. The number of aromatic amines is 1. The highest BCUT2D eigenvalue weighted by Gasteiger charge is 2.15. The third kappa shape index (κ3) is 4.06. The van der Waals surface area contributed by atoms with Crippen LogP contribution in [0.5, 0.6) is 0 Å². The van der Waals surface area contributed by atoms with E-state index in [4.69, 9.17) is 0 Å². The van der Waals surface area contributed by atoms with E-state index in [0.717, 1.165) is 12.1 Å². The van der Waals surface area contributed by atoms with Crippen LogP contribution < -0.4 is 10.0 Å². The van der Waals surface area contributed by atoms with Crippen LogP contribution in [0, 0.1) is 0 Å². The first-order chi connectivity index (χ1) is 10.0. The zero-order valence-corrected chi connectivity index (χ0v) is 12.7. The molecule has 3 N–H and O–H groups in total. The van der Waals surface area contributed by atoms with Gasteiger partial charge in [-0.3, -0.25) is 0 Å². The van der Waals surface area contributed by atoms with E-state index >= 15 is 0 Å². The lowest BCUT2D eigenvalue weighted by molar-refractivity contribution is 0.578. The molecule has 0 amide bonds. The van der Waals surface area contributed by atoms with Crippen molar-refractivity contribution in [2.24, 2.45) is 0 Å². The molecule has 0 spiro atoms. The molecule has 0 aliphatic heterocycles. The molecule has 114 valence electrons. The van der Waals surface area contributed by atoms with E-state index in [0.29, 0.717) is 0 Å². The summed E-state index contributed by atoms with van der Waals surface area (Å²) in [5.41, 5.74) is 1.04. The van der Waals surface area contributed by atoms with Gasteiger partial charge in [0.25, 0.3) is 0 Å². The van der Waals surface area contributed by atoms with Gasteiger partial charge >= 0.3 is 0 Å². The Morgan fingerprint density at radius 2 is 2.00 bits per heavy atom. The minimum atomic E-state index is -3.58. The Bertz CT molecular complexity index is 654. The van der Waals surface area contributed by atoms with Gasteiger partial charge in [0, 0.05) is 6.04 Å². The summed E-state index contributed by atoms with van der Waals surface area (Å²) >= 11 is 0. The number of rotatable bonds is 7. The van der Waals surface area contributed by atoms with Crippen molar-refractivity contribution in [3.05, 3.63) is 35.7 Å². The largest absolute Gasteiger partial charge is 0.310 e. The number of sulfonamides is 1. The fourth-order valence-corrected chi connectivity index (χ4v) is 2.84. The molecule has 9 heteroatoms. The summed E-state index contributed by atoms with van der Waals surface area (Å²) in [4.78, 5) is 0.207. The topological polar surface area (TPSA) is 113 Å². The van der Waals surface area contributed by atoms with Crippen molar-refractivity contribution in [2.75, 3.05) is 6.54 Å². The zero-order chi connectivity index (χ0) is 15.3. The van der Waals surface area contributed by atoms with Crippen LogP contribution in [0.15, 0.2) is 29.2 Å². The van der Waals surface area contributed by atoms with Gasteiger partial charge in [0.2, 0.25) is 10.0 Å². The Kier molecular flexibility index (Phi) is 4.99. The van der Waals surface area contributed by atoms with Crippen LogP contribution in [0.1, 0.15) is 31.3 Å². The van der Waals surface area contributed by atoms with E-state index in [9.17, 15) is 8.42 Å². The molecule has 0 radical (unpaired) electrons. The molecule has 1 aromatic heterocycles. The smallest absolute Gasteiger partial charge is 0.240 e. The molecular weight excluding hydrogens is 292 g/mol. The SMILES string of the molecule is CCNC(C)c1ccc(S(=O)(=O)NCc2nn[nH]n2)cc1. The van der Waals surface area contributed by atoms with Gasteiger partial charge in [0.1, 0.15) is 0 Å². The lowest BCUT2D eigenvalue weighted by Gasteiger charge is -2.13. The molecule has 0 saturated carbocycles. The maximum atomic E-state index is 12.1. The highest BCUT2D eigenvalue weighted by atomic mass is 32.2. The number of aromatic nitrogens is 4. The molecule has 1 aromatic carbocycles. The quantitative estimate of drug-likeness (QED) is 0.680. The number of hydrogen-bond acceptors (Lipinski definition) is 6.